The fourth-order valence-corrected chi connectivity index (χ4v) is 2.00. The minimum atomic E-state index is -0.641. The van der Waals surface area contributed by atoms with Gasteiger partial charge in [-0.2, -0.15) is 0 Å². The summed E-state index contributed by atoms with van der Waals surface area (Å²) in [7, 11) is 0. The molecule has 0 bridgehead atoms. The zero-order valence-electron chi connectivity index (χ0n) is 10.1. The van der Waals surface area contributed by atoms with E-state index in [1.165, 1.54) is 0 Å². The van der Waals surface area contributed by atoms with Crippen molar-refractivity contribution in [3.05, 3.63) is 27.9 Å². The van der Waals surface area contributed by atoms with Gasteiger partial charge in [-0.1, -0.05) is 0 Å². The van der Waals surface area contributed by atoms with Gasteiger partial charge in [0.15, 0.2) is 0 Å². The number of hydrogen-bond donors (Lipinski definition) is 2. The van der Waals surface area contributed by atoms with Gasteiger partial charge >= 0.3 is 5.97 Å². The normalized spacial score (nSPS) is 22.1. The van der Waals surface area contributed by atoms with Gasteiger partial charge in [0.1, 0.15) is 17.6 Å². The Morgan fingerprint density at radius 3 is 2.79 bits per heavy atom. The van der Waals surface area contributed by atoms with Crippen LogP contribution >= 0.6 is 0 Å². The van der Waals surface area contributed by atoms with E-state index in [9.17, 15) is 14.4 Å². The molecular formula is C12H13N3O4. The SMILES string of the molecule is O=C(N[C@H]1CCOC1=O)c1cc(=O)[nH]c(C2CC2)n1. The number of aromatic nitrogens is 2. The van der Waals surface area contributed by atoms with E-state index in [-0.39, 0.29) is 17.2 Å². The molecule has 7 nitrogen and oxygen atoms in total. The Kier molecular flexibility index (Phi) is 2.81. The van der Waals surface area contributed by atoms with E-state index >= 15 is 0 Å². The summed E-state index contributed by atoms with van der Waals surface area (Å²) in [4.78, 5) is 41.5. The number of hydrogen-bond acceptors (Lipinski definition) is 5. The second-order valence-corrected chi connectivity index (χ2v) is 4.77. The largest absolute Gasteiger partial charge is 0.464 e. The smallest absolute Gasteiger partial charge is 0.328 e. The lowest BCUT2D eigenvalue weighted by molar-refractivity contribution is -0.139. The number of ether oxygens (including phenoxy) is 1. The van der Waals surface area contributed by atoms with Crippen molar-refractivity contribution < 1.29 is 14.3 Å². The maximum atomic E-state index is 12.0. The molecule has 19 heavy (non-hydrogen) atoms. The van der Waals surface area contributed by atoms with E-state index < -0.39 is 17.9 Å². The number of carbonyl (C=O) groups excluding carboxylic acids is 2. The average Bonchev–Trinajstić information content (AvgIpc) is 3.15. The van der Waals surface area contributed by atoms with E-state index in [0.29, 0.717) is 18.9 Å². The number of nitrogens with zero attached hydrogens (tertiary/aromatic N) is 1. The van der Waals surface area contributed by atoms with Gasteiger partial charge in [0.05, 0.1) is 6.61 Å². The molecule has 2 fully saturated rings. The van der Waals surface area contributed by atoms with Crippen molar-refractivity contribution in [1.29, 1.82) is 0 Å². The van der Waals surface area contributed by atoms with Gasteiger partial charge < -0.3 is 15.0 Å². The van der Waals surface area contributed by atoms with Crippen molar-refractivity contribution in [3.8, 4) is 0 Å². The van der Waals surface area contributed by atoms with E-state index in [1.807, 2.05) is 0 Å². The van der Waals surface area contributed by atoms with E-state index in [2.05, 4.69) is 15.3 Å². The van der Waals surface area contributed by atoms with Crippen molar-refractivity contribution in [2.45, 2.75) is 31.2 Å². The molecule has 2 N–H and O–H groups in total. The topological polar surface area (TPSA) is 101 Å². The summed E-state index contributed by atoms with van der Waals surface area (Å²) in [5.41, 5.74) is -0.304. The highest BCUT2D eigenvalue weighted by atomic mass is 16.5. The highest BCUT2D eigenvalue weighted by Crippen LogP contribution is 2.37. The standard InChI is InChI=1S/C12H13N3O4/c16-9-5-8(13-10(15-9)6-1-2-6)11(17)14-7-3-4-19-12(7)18/h5-7H,1-4H2,(H,14,17)(H,13,15,16)/t7-/m0/s1. The molecule has 2 heterocycles. The number of cyclic esters (lactones) is 1. The first-order valence-corrected chi connectivity index (χ1v) is 6.22. The minimum Gasteiger partial charge on any atom is -0.464 e. The van der Waals surface area contributed by atoms with Crippen LogP contribution in [0.15, 0.2) is 10.9 Å². The Morgan fingerprint density at radius 1 is 1.37 bits per heavy atom. The van der Waals surface area contributed by atoms with Crippen LogP contribution in [0.4, 0.5) is 0 Å². The van der Waals surface area contributed by atoms with Crippen LogP contribution in [0.2, 0.25) is 0 Å². The van der Waals surface area contributed by atoms with Gasteiger partial charge in [-0.05, 0) is 12.8 Å². The first-order chi connectivity index (χ1) is 9.13. The Labute approximate surface area is 108 Å². The number of carbonyl (C=O) groups is 2. The second kappa shape index (κ2) is 4.49. The number of amides is 1. The predicted molar refractivity (Wildman–Crippen MR) is 63.7 cm³/mol. The predicted octanol–water partition coefficient (Wildman–Crippen LogP) is -0.307. The lowest BCUT2D eigenvalue weighted by atomic mass is 10.2. The number of aromatic amines is 1. The monoisotopic (exact) mass is 263 g/mol. The summed E-state index contributed by atoms with van der Waals surface area (Å²) in [6, 6.07) is 0.500. The Morgan fingerprint density at radius 2 is 2.16 bits per heavy atom. The average molecular weight is 263 g/mol. The first kappa shape index (κ1) is 11.9. The van der Waals surface area contributed by atoms with Crippen molar-refractivity contribution in [2.24, 2.45) is 0 Å². The molecule has 1 saturated carbocycles. The van der Waals surface area contributed by atoms with Gasteiger partial charge in [-0.3, -0.25) is 9.59 Å². The summed E-state index contributed by atoms with van der Waals surface area (Å²) in [6.07, 6.45) is 2.40. The third kappa shape index (κ3) is 2.49. The lowest BCUT2D eigenvalue weighted by Crippen LogP contribution is -2.38. The van der Waals surface area contributed by atoms with Gasteiger partial charge in [0.2, 0.25) is 0 Å². The molecule has 2 aliphatic rings. The highest BCUT2D eigenvalue weighted by molar-refractivity contribution is 5.95. The molecule has 1 aliphatic heterocycles. The van der Waals surface area contributed by atoms with Crippen LogP contribution in [0.5, 0.6) is 0 Å². The van der Waals surface area contributed by atoms with Crippen LogP contribution in [-0.2, 0) is 9.53 Å². The zero-order chi connectivity index (χ0) is 13.4. The van der Waals surface area contributed by atoms with Crippen molar-refractivity contribution in [3.63, 3.8) is 0 Å². The molecule has 1 atom stereocenters. The molecule has 1 aromatic rings. The Hall–Kier alpha value is -2.18. The van der Waals surface area contributed by atoms with Crippen LogP contribution in [-0.4, -0.2) is 34.5 Å². The summed E-state index contributed by atoms with van der Waals surface area (Å²) in [5, 5.41) is 2.53. The third-order valence-corrected chi connectivity index (χ3v) is 3.20. The summed E-state index contributed by atoms with van der Waals surface area (Å²) in [5.74, 6) is -0.166. The van der Waals surface area contributed by atoms with Crippen LogP contribution in [0.25, 0.3) is 0 Å². The number of rotatable bonds is 3. The Balaban J connectivity index is 1.79. The van der Waals surface area contributed by atoms with Crippen LogP contribution < -0.4 is 10.9 Å². The van der Waals surface area contributed by atoms with E-state index in [0.717, 1.165) is 18.9 Å². The molecule has 3 rings (SSSR count). The van der Waals surface area contributed by atoms with Crippen LogP contribution in [0.3, 0.4) is 0 Å². The second-order valence-electron chi connectivity index (χ2n) is 4.77. The highest BCUT2D eigenvalue weighted by Gasteiger charge is 2.30. The molecule has 1 aliphatic carbocycles. The van der Waals surface area contributed by atoms with Gasteiger partial charge in [0.25, 0.3) is 11.5 Å². The molecule has 1 aromatic heterocycles. The minimum absolute atomic E-state index is 0.0466. The summed E-state index contributed by atoms with van der Waals surface area (Å²) in [6.45, 7) is 0.305. The van der Waals surface area contributed by atoms with Crippen LogP contribution in [0.1, 0.15) is 41.5 Å². The molecule has 1 amide bonds. The fraction of sp³-hybridized carbons (Fsp3) is 0.500. The fourth-order valence-electron chi connectivity index (χ4n) is 2.00. The van der Waals surface area contributed by atoms with Crippen molar-refractivity contribution in [2.75, 3.05) is 6.61 Å². The first-order valence-electron chi connectivity index (χ1n) is 6.22. The molecular weight excluding hydrogens is 250 g/mol. The summed E-state index contributed by atoms with van der Waals surface area (Å²) < 4.78 is 4.76. The van der Waals surface area contributed by atoms with Gasteiger partial charge in [-0.15, -0.1) is 0 Å². The molecule has 7 heteroatoms. The van der Waals surface area contributed by atoms with E-state index in [4.69, 9.17) is 4.74 Å². The third-order valence-electron chi connectivity index (χ3n) is 3.20. The molecule has 1 saturated heterocycles. The van der Waals surface area contributed by atoms with Crippen LogP contribution in [0, 0.1) is 0 Å². The zero-order valence-corrected chi connectivity index (χ0v) is 10.1. The molecule has 100 valence electrons. The van der Waals surface area contributed by atoms with Crippen molar-refractivity contribution >= 4 is 11.9 Å². The number of H-pyrrole nitrogens is 1. The lowest BCUT2D eigenvalue weighted by Gasteiger charge is -2.08. The van der Waals surface area contributed by atoms with Gasteiger partial charge in [-0.25, -0.2) is 9.78 Å². The summed E-state index contributed by atoms with van der Waals surface area (Å²) >= 11 is 0. The Bertz CT molecular complexity index is 591. The molecule has 0 radical (unpaired) electrons. The maximum absolute atomic E-state index is 12.0. The molecule has 0 unspecified atom stereocenters. The maximum Gasteiger partial charge on any atom is 0.328 e. The number of esters is 1. The van der Waals surface area contributed by atoms with E-state index in [1.54, 1.807) is 0 Å². The van der Waals surface area contributed by atoms with Gasteiger partial charge in [0, 0.05) is 18.4 Å². The number of nitrogens with one attached hydrogen (secondary N) is 2. The molecule has 0 spiro atoms. The molecule has 0 aromatic carbocycles. The van der Waals surface area contributed by atoms with Crippen molar-refractivity contribution in [1.82, 2.24) is 15.3 Å². The quantitative estimate of drug-likeness (QED) is 0.729.